The average Bonchev–Trinajstić information content (AvgIpc) is 2.45. The molecule has 0 spiro atoms. The highest BCUT2D eigenvalue weighted by Crippen LogP contribution is 2.26. The summed E-state index contributed by atoms with van der Waals surface area (Å²) < 4.78 is 18.5. The maximum atomic E-state index is 13.2. The number of methoxy groups -OCH3 is 1. The van der Waals surface area contributed by atoms with Gasteiger partial charge in [0.05, 0.1) is 7.11 Å². The van der Waals surface area contributed by atoms with Crippen LogP contribution in [0.2, 0.25) is 5.02 Å². The van der Waals surface area contributed by atoms with Crippen molar-refractivity contribution in [3.8, 4) is 5.75 Å². The number of hydrogen-bond donors (Lipinski definition) is 1. The van der Waals surface area contributed by atoms with E-state index in [1.807, 2.05) is 31.2 Å². The minimum absolute atomic E-state index is 0.0201. The van der Waals surface area contributed by atoms with Crippen LogP contribution in [-0.4, -0.2) is 7.11 Å². The van der Waals surface area contributed by atoms with Gasteiger partial charge in [-0.15, -0.1) is 0 Å². The Morgan fingerprint density at radius 2 is 2.00 bits per heavy atom. The number of nitrogens with one attached hydrogen (secondary N) is 1. The van der Waals surface area contributed by atoms with E-state index in [1.165, 1.54) is 12.1 Å². The molecular formula is C16H17ClFNO. The Kier molecular flexibility index (Phi) is 4.99. The summed E-state index contributed by atoms with van der Waals surface area (Å²) in [6, 6.07) is 12.1. The second-order valence-corrected chi connectivity index (χ2v) is 4.99. The van der Waals surface area contributed by atoms with Crippen molar-refractivity contribution in [1.82, 2.24) is 5.32 Å². The molecule has 0 aliphatic carbocycles. The third kappa shape index (κ3) is 3.50. The molecule has 0 aromatic heterocycles. The Hall–Kier alpha value is -1.58. The topological polar surface area (TPSA) is 21.3 Å². The van der Waals surface area contributed by atoms with Crippen LogP contribution < -0.4 is 10.1 Å². The summed E-state index contributed by atoms with van der Waals surface area (Å²) in [6.45, 7) is 2.54. The normalized spacial score (nSPS) is 12.2. The van der Waals surface area contributed by atoms with Crippen molar-refractivity contribution in [2.45, 2.75) is 19.5 Å². The number of benzene rings is 2. The van der Waals surface area contributed by atoms with E-state index in [-0.39, 0.29) is 11.9 Å². The molecule has 0 heterocycles. The van der Waals surface area contributed by atoms with Gasteiger partial charge in [0.15, 0.2) is 0 Å². The van der Waals surface area contributed by atoms with Crippen molar-refractivity contribution >= 4 is 11.6 Å². The quantitative estimate of drug-likeness (QED) is 0.885. The molecule has 0 aliphatic rings. The van der Waals surface area contributed by atoms with Crippen LogP contribution in [0.1, 0.15) is 24.1 Å². The molecular weight excluding hydrogens is 277 g/mol. The third-order valence-electron chi connectivity index (χ3n) is 3.23. The second kappa shape index (κ2) is 6.73. The van der Waals surface area contributed by atoms with Crippen LogP contribution in [0.5, 0.6) is 5.75 Å². The van der Waals surface area contributed by atoms with E-state index in [4.69, 9.17) is 16.3 Å². The van der Waals surface area contributed by atoms with Crippen LogP contribution in [0.4, 0.5) is 4.39 Å². The van der Waals surface area contributed by atoms with E-state index < -0.39 is 0 Å². The van der Waals surface area contributed by atoms with Gasteiger partial charge in [0, 0.05) is 23.2 Å². The average molecular weight is 294 g/mol. The minimum atomic E-state index is -0.230. The molecule has 0 saturated heterocycles. The van der Waals surface area contributed by atoms with Gasteiger partial charge in [-0.1, -0.05) is 29.8 Å². The summed E-state index contributed by atoms with van der Waals surface area (Å²) in [5.74, 6) is 0.517. The Labute approximate surface area is 123 Å². The van der Waals surface area contributed by atoms with E-state index in [0.717, 1.165) is 16.9 Å². The number of rotatable bonds is 5. The molecule has 106 valence electrons. The van der Waals surface area contributed by atoms with E-state index in [1.54, 1.807) is 13.2 Å². The molecule has 1 N–H and O–H groups in total. The molecule has 0 aliphatic heterocycles. The molecule has 0 radical (unpaired) electrons. The van der Waals surface area contributed by atoms with Crippen molar-refractivity contribution in [1.29, 1.82) is 0 Å². The molecule has 4 heteroatoms. The summed E-state index contributed by atoms with van der Waals surface area (Å²) in [7, 11) is 1.62. The standard InChI is InChI=1S/C16H17ClFNO/c1-11(12-5-3-6-13(18)9-12)19-10-14-15(17)7-4-8-16(14)20-2/h3-9,11,19H,10H2,1-2H3/t11-/m0/s1. The van der Waals surface area contributed by atoms with Gasteiger partial charge in [0.1, 0.15) is 11.6 Å². The Morgan fingerprint density at radius 3 is 2.70 bits per heavy atom. The zero-order valence-corrected chi connectivity index (χ0v) is 12.2. The van der Waals surface area contributed by atoms with Crippen LogP contribution in [0, 0.1) is 5.82 Å². The fourth-order valence-electron chi connectivity index (χ4n) is 2.05. The first-order valence-corrected chi connectivity index (χ1v) is 6.80. The summed E-state index contributed by atoms with van der Waals surface area (Å²) in [5, 5.41) is 3.98. The predicted molar refractivity (Wildman–Crippen MR) is 79.7 cm³/mol. The third-order valence-corrected chi connectivity index (χ3v) is 3.58. The van der Waals surface area contributed by atoms with Crippen molar-refractivity contribution in [3.05, 3.63) is 64.4 Å². The molecule has 0 saturated carbocycles. The van der Waals surface area contributed by atoms with Crippen LogP contribution in [-0.2, 0) is 6.54 Å². The summed E-state index contributed by atoms with van der Waals surface area (Å²) in [6.07, 6.45) is 0. The monoisotopic (exact) mass is 293 g/mol. The Morgan fingerprint density at radius 1 is 1.25 bits per heavy atom. The van der Waals surface area contributed by atoms with Gasteiger partial charge in [0.2, 0.25) is 0 Å². The van der Waals surface area contributed by atoms with Crippen LogP contribution in [0.15, 0.2) is 42.5 Å². The first-order chi connectivity index (χ1) is 9.61. The lowest BCUT2D eigenvalue weighted by Crippen LogP contribution is -2.18. The van der Waals surface area contributed by atoms with Crippen LogP contribution in [0.25, 0.3) is 0 Å². The SMILES string of the molecule is COc1cccc(Cl)c1CN[C@@H](C)c1cccc(F)c1. The van der Waals surface area contributed by atoms with Crippen molar-refractivity contribution in [2.75, 3.05) is 7.11 Å². The second-order valence-electron chi connectivity index (χ2n) is 4.58. The highest BCUT2D eigenvalue weighted by atomic mass is 35.5. The maximum Gasteiger partial charge on any atom is 0.124 e. The highest BCUT2D eigenvalue weighted by molar-refractivity contribution is 6.31. The zero-order chi connectivity index (χ0) is 14.5. The van der Waals surface area contributed by atoms with Crippen molar-refractivity contribution in [3.63, 3.8) is 0 Å². The lowest BCUT2D eigenvalue weighted by atomic mass is 10.1. The van der Waals surface area contributed by atoms with E-state index in [9.17, 15) is 4.39 Å². The Balaban J connectivity index is 2.09. The number of ether oxygens (including phenoxy) is 1. The van der Waals surface area contributed by atoms with Gasteiger partial charge in [-0.25, -0.2) is 4.39 Å². The number of hydrogen-bond acceptors (Lipinski definition) is 2. The van der Waals surface area contributed by atoms with Gasteiger partial charge >= 0.3 is 0 Å². The fraction of sp³-hybridized carbons (Fsp3) is 0.250. The van der Waals surface area contributed by atoms with Gasteiger partial charge in [0.25, 0.3) is 0 Å². The fourth-order valence-corrected chi connectivity index (χ4v) is 2.28. The van der Waals surface area contributed by atoms with Crippen molar-refractivity contribution in [2.24, 2.45) is 0 Å². The van der Waals surface area contributed by atoms with Crippen LogP contribution in [0.3, 0.4) is 0 Å². The first-order valence-electron chi connectivity index (χ1n) is 6.42. The van der Waals surface area contributed by atoms with Crippen LogP contribution >= 0.6 is 11.6 Å². The summed E-state index contributed by atoms with van der Waals surface area (Å²) in [4.78, 5) is 0. The lowest BCUT2D eigenvalue weighted by Gasteiger charge is -2.16. The molecule has 20 heavy (non-hydrogen) atoms. The summed E-state index contributed by atoms with van der Waals surface area (Å²) in [5.41, 5.74) is 1.80. The number of halogens is 2. The first kappa shape index (κ1) is 14.8. The summed E-state index contributed by atoms with van der Waals surface area (Å²) >= 11 is 6.18. The van der Waals surface area contributed by atoms with E-state index in [0.29, 0.717) is 11.6 Å². The molecule has 0 bridgehead atoms. The molecule has 2 aromatic rings. The molecule has 2 aromatic carbocycles. The smallest absolute Gasteiger partial charge is 0.124 e. The largest absolute Gasteiger partial charge is 0.496 e. The van der Waals surface area contributed by atoms with E-state index in [2.05, 4.69) is 5.32 Å². The van der Waals surface area contributed by atoms with Crippen molar-refractivity contribution < 1.29 is 9.13 Å². The molecule has 2 rings (SSSR count). The zero-order valence-electron chi connectivity index (χ0n) is 11.5. The molecule has 2 nitrogen and oxygen atoms in total. The molecule has 0 unspecified atom stereocenters. The molecule has 0 fully saturated rings. The predicted octanol–water partition coefficient (Wildman–Crippen LogP) is 4.34. The molecule has 0 amide bonds. The van der Waals surface area contributed by atoms with Gasteiger partial charge in [-0.2, -0.15) is 0 Å². The minimum Gasteiger partial charge on any atom is -0.496 e. The highest BCUT2D eigenvalue weighted by Gasteiger charge is 2.10. The van der Waals surface area contributed by atoms with Gasteiger partial charge in [-0.05, 0) is 36.8 Å². The van der Waals surface area contributed by atoms with Gasteiger partial charge < -0.3 is 10.1 Å². The molecule has 1 atom stereocenters. The lowest BCUT2D eigenvalue weighted by molar-refractivity contribution is 0.406. The van der Waals surface area contributed by atoms with Gasteiger partial charge in [-0.3, -0.25) is 0 Å². The van der Waals surface area contributed by atoms with E-state index >= 15 is 0 Å². The maximum absolute atomic E-state index is 13.2. The Bertz CT molecular complexity index is 588.